The lowest BCUT2D eigenvalue weighted by Gasteiger charge is -2.35. The quantitative estimate of drug-likeness (QED) is 0.830. The average Bonchev–Trinajstić information content (AvgIpc) is 3.17. The molecule has 0 spiro atoms. The van der Waals surface area contributed by atoms with Gasteiger partial charge < -0.3 is 5.11 Å². The van der Waals surface area contributed by atoms with E-state index in [2.05, 4.69) is 4.90 Å². The van der Waals surface area contributed by atoms with Crippen molar-refractivity contribution >= 4 is 17.3 Å². The first kappa shape index (κ1) is 16.8. The number of para-hydroxylation sites is 2. The van der Waals surface area contributed by atoms with E-state index in [-0.39, 0.29) is 10.4 Å². The van der Waals surface area contributed by atoms with Gasteiger partial charge in [0.05, 0.1) is 0 Å². The Labute approximate surface area is 143 Å². The van der Waals surface area contributed by atoms with Crippen molar-refractivity contribution in [3.8, 4) is 0 Å². The molecule has 0 aromatic heterocycles. The monoisotopic (exact) mass is 325 g/mol. The fourth-order valence-electron chi connectivity index (χ4n) is 3.60. The lowest BCUT2D eigenvalue weighted by molar-refractivity contribution is -0.130. The summed E-state index contributed by atoms with van der Waals surface area (Å²) in [5.41, 5.74) is 1.81. The molecule has 2 aromatic carbocycles. The Morgan fingerprint density at radius 2 is 1.42 bits per heavy atom. The summed E-state index contributed by atoms with van der Waals surface area (Å²) in [5.74, 6) is -0.188. The Balaban J connectivity index is 2.04. The molecular weight excluding hydrogens is 300 g/mol. The zero-order chi connectivity index (χ0) is 16.8. The van der Waals surface area contributed by atoms with E-state index >= 15 is 0 Å². The molecule has 4 nitrogen and oxygen atoms in total. The van der Waals surface area contributed by atoms with Gasteiger partial charge in [0.2, 0.25) is 0 Å². The van der Waals surface area contributed by atoms with Crippen LogP contribution in [0.15, 0.2) is 60.7 Å². The topological polar surface area (TPSA) is 40.5 Å². The highest BCUT2D eigenvalue weighted by Gasteiger charge is 2.41. The highest BCUT2D eigenvalue weighted by molar-refractivity contribution is 5.95. The Kier molecular flexibility index (Phi) is 5.41. The molecule has 3 rings (SSSR count). The minimum absolute atomic E-state index is 0.0642. The van der Waals surface area contributed by atoms with Gasteiger partial charge in [0, 0.05) is 30.8 Å². The molecule has 1 heterocycles. The Morgan fingerprint density at radius 1 is 0.917 bits per heavy atom. The summed E-state index contributed by atoms with van der Waals surface area (Å²) in [6.45, 7) is 3.19. The molecule has 4 heteroatoms. The normalized spacial score (nSPS) is 15.5. The zero-order valence-electron chi connectivity index (χ0n) is 14.0. The Hall–Kier alpha value is -2.01. The fourth-order valence-corrected chi connectivity index (χ4v) is 3.60. The van der Waals surface area contributed by atoms with E-state index in [1.807, 2.05) is 60.7 Å². The number of benzene rings is 2. The van der Waals surface area contributed by atoms with E-state index in [1.54, 1.807) is 0 Å². The van der Waals surface area contributed by atoms with Gasteiger partial charge >= 0.3 is 5.91 Å². The molecule has 2 aromatic rings. The van der Waals surface area contributed by atoms with Crippen molar-refractivity contribution in [1.29, 1.82) is 0 Å². The van der Waals surface area contributed by atoms with Gasteiger partial charge in [-0.25, -0.2) is 4.79 Å². The number of rotatable bonds is 6. The summed E-state index contributed by atoms with van der Waals surface area (Å²) >= 11 is 0. The van der Waals surface area contributed by atoms with E-state index in [0.29, 0.717) is 6.54 Å². The van der Waals surface area contributed by atoms with E-state index in [0.717, 1.165) is 31.0 Å². The van der Waals surface area contributed by atoms with Crippen molar-refractivity contribution in [3.63, 3.8) is 0 Å². The van der Waals surface area contributed by atoms with Crippen molar-refractivity contribution in [1.82, 2.24) is 9.38 Å². The SMILES string of the molecule is O=C(CO)[N+](CCN1CCCC1)(c1ccccc1)c1ccccc1. The molecule has 1 N–H and O–H groups in total. The van der Waals surface area contributed by atoms with Gasteiger partial charge in [0.25, 0.3) is 0 Å². The van der Waals surface area contributed by atoms with Crippen molar-refractivity contribution in [2.24, 2.45) is 0 Å². The third kappa shape index (κ3) is 3.26. The molecule has 0 bridgehead atoms. The van der Waals surface area contributed by atoms with Crippen LogP contribution in [-0.2, 0) is 4.79 Å². The molecular formula is C20H25N2O2+. The van der Waals surface area contributed by atoms with Gasteiger partial charge in [0.1, 0.15) is 17.9 Å². The molecule has 1 fully saturated rings. The van der Waals surface area contributed by atoms with E-state index in [4.69, 9.17) is 0 Å². The lowest BCUT2D eigenvalue weighted by atomic mass is 10.1. The van der Waals surface area contributed by atoms with Crippen LogP contribution >= 0.6 is 0 Å². The van der Waals surface area contributed by atoms with E-state index in [1.165, 1.54) is 12.8 Å². The van der Waals surface area contributed by atoms with Crippen molar-refractivity contribution in [3.05, 3.63) is 60.7 Å². The number of amides is 1. The van der Waals surface area contributed by atoms with Crippen LogP contribution < -0.4 is 4.48 Å². The van der Waals surface area contributed by atoms with Crippen LogP contribution in [0.3, 0.4) is 0 Å². The van der Waals surface area contributed by atoms with Crippen LogP contribution in [-0.4, -0.2) is 48.7 Å². The number of aliphatic hydroxyl groups is 1. The van der Waals surface area contributed by atoms with E-state index < -0.39 is 6.61 Å². The molecule has 1 aliphatic rings. The number of nitrogens with zero attached hydrogens (tertiary/aromatic N) is 2. The van der Waals surface area contributed by atoms with E-state index in [9.17, 15) is 9.90 Å². The molecule has 0 aliphatic carbocycles. The van der Waals surface area contributed by atoms with Gasteiger partial charge in [-0.1, -0.05) is 36.4 Å². The number of aliphatic hydroxyl groups excluding tert-OH is 1. The maximum Gasteiger partial charge on any atom is 0.349 e. The van der Waals surface area contributed by atoms with Gasteiger partial charge in [-0.2, -0.15) is 4.48 Å². The largest absolute Gasteiger partial charge is 0.382 e. The molecule has 1 amide bonds. The average molecular weight is 325 g/mol. The summed E-state index contributed by atoms with van der Waals surface area (Å²) in [5, 5.41) is 9.71. The molecule has 0 radical (unpaired) electrons. The summed E-state index contributed by atoms with van der Waals surface area (Å²) in [6, 6.07) is 19.6. The summed E-state index contributed by atoms with van der Waals surface area (Å²) in [7, 11) is 0. The van der Waals surface area contributed by atoms with Gasteiger partial charge in [0.15, 0.2) is 6.61 Å². The molecule has 1 aliphatic heterocycles. The third-order valence-electron chi connectivity index (χ3n) is 4.91. The Morgan fingerprint density at radius 3 is 1.88 bits per heavy atom. The molecule has 24 heavy (non-hydrogen) atoms. The van der Waals surface area contributed by atoms with Gasteiger partial charge in [-0.05, 0) is 25.9 Å². The highest BCUT2D eigenvalue weighted by atomic mass is 16.3. The smallest absolute Gasteiger partial charge is 0.349 e. The van der Waals surface area contributed by atoms with Crippen LogP contribution in [0, 0.1) is 0 Å². The second-order valence-electron chi connectivity index (χ2n) is 6.31. The molecule has 1 saturated heterocycles. The maximum atomic E-state index is 12.9. The number of hydrogen-bond donors (Lipinski definition) is 1. The second-order valence-corrected chi connectivity index (χ2v) is 6.31. The fraction of sp³-hybridized carbons (Fsp3) is 0.350. The van der Waals surface area contributed by atoms with Crippen LogP contribution in [0.25, 0.3) is 0 Å². The first-order valence-corrected chi connectivity index (χ1v) is 8.63. The van der Waals surface area contributed by atoms with Crippen LogP contribution in [0.5, 0.6) is 0 Å². The Bertz CT molecular complexity index is 612. The van der Waals surface area contributed by atoms with Crippen molar-refractivity contribution in [2.45, 2.75) is 12.8 Å². The van der Waals surface area contributed by atoms with Gasteiger partial charge in [-0.15, -0.1) is 0 Å². The maximum absolute atomic E-state index is 12.9. The van der Waals surface area contributed by atoms with Crippen LogP contribution in [0.1, 0.15) is 12.8 Å². The molecule has 126 valence electrons. The molecule has 0 atom stereocenters. The summed E-state index contributed by atoms with van der Waals surface area (Å²) in [4.78, 5) is 15.3. The highest BCUT2D eigenvalue weighted by Crippen LogP contribution is 2.35. The minimum atomic E-state index is -0.468. The van der Waals surface area contributed by atoms with Crippen LogP contribution in [0.2, 0.25) is 0 Å². The van der Waals surface area contributed by atoms with Gasteiger partial charge in [-0.3, -0.25) is 4.90 Å². The number of carbonyl (C=O) groups excluding carboxylic acids is 1. The summed E-state index contributed by atoms with van der Waals surface area (Å²) < 4.78 is 0.0642. The molecule has 0 unspecified atom stereocenters. The third-order valence-corrected chi connectivity index (χ3v) is 4.91. The predicted molar refractivity (Wildman–Crippen MR) is 97.0 cm³/mol. The lowest BCUT2D eigenvalue weighted by Crippen LogP contribution is -2.54. The van der Waals surface area contributed by atoms with Crippen molar-refractivity contribution in [2.75, 3.05) is 32.8 Å². The standard InChI is InChI=1S/C20H25N2O2/c23-17-20(24)22(18-9-3-1-4-10-18,19-11-5-2-6-12-19)16-15-21-13-7-8-14-21/h1-6,9-12,23H,7-8,13-17H2/q+1. The molecule has 0 saturated carbocycles. The number of hydrogen-bond acceptors (Lipinski definition) is 3. The number of quaternary nitrogens is 1. The minimum Gasteiger partial charge on any atom is -0.382 e. The predicted octanol–water partition coefficient (Wildman–Crippen LogP) is 2.94. The number of carbonyl (C=O) groups is 1. The first-order chi connectivity index (χ1) is 11.8. The number of likely N-dealkylation sites (tertiary alicyclic amines) is 1. The summed E-state index contributed by atoms with van der Waals surface area (Å²) in [6.07, 6.45) is 2.45. The zero-order valence-corrected chi connectivity index (χ0v) is 14.0. The van der Waals surface area contributed by atoms with Crippen molar-refractivity contribution < 1.29 is 9.90 Å². The second kappa shape index (κ2) is 7.71. The van der Waals surface area contributed by atoms with Crippen LogP contribution in [0.4, 0.5) is 11.4 Å². The first-order valence-electron chi connectivity index (χ1n) is 8.63.